The molecule has 2 fully saturated rings. The topological polar surface area (TPSA) is 41.1 Å². The first kappa shape index (κ1) is 12.2. The van der Waals surface area contributed by atoms with E-state index in [-0.39, 0.29) is 11.8 Å². The van der Waals surface area contributed by atoms with Crippen LogP contribution in [-0.4, -0.2) is 36.5 Å². The standard InChI is InChI=1S/C12H22N2OS/c1-9(10-6-13-7-10)12(15)14-8-11-4-2-3-5-16-11/h9-11,13H,2-8H2,1H3,(H,14,15). The van der Waals surface area contributed by atoms with Crippen LogP contribution < -0.4 is 10.6 Å². The fourth-order valence-electron chi connectivity index (χ4n) is 2.22. The molecule has 0 aromatic heterocycles. The minimum absolute atomic E-state index is 0.176. The molecule has 2 atom stereocenters. The van der Waals surface area contributed by atoms with Crippen molar-refractivity contribution in [2.75, 3.05) is 25.4 Å². The Labute approximate surface area is 102 Å². The van der Waals surface area contributed by atoms with Crippen LogP contribution >= 0.6 is 11.8 Å². The van der Waals surface area contributed by atoms with E-state index in [1.165, 1.54) is 25.0 Å². The van der Waals surface area contributed by atoms with Gasteiger partial charge in [-0.2, -0.15) is 11.8 Å². The molecule has 2 heterocycles. The summed E-state index contributed by atoms with van der Waals surface area (Å²) in [5.41, 5.74) is 0. The first-order chi connectivity index (χ1) is 7.77. The van der Waals surface area contributed by atoms with Gasteiger partial charge in [0, 0.05) is 17.7 Å². The lowest BCUT2D eigenvalue weighted by Gasteiger charge is -2.32. The van der Waals surface area contributed by atoms with Gasteiger partial charge in [0.15, 0.2) is 0 Å². The molecule has 2 unspecified atom stereocenters. The third-order valence-corrected chi connectivity index (χ3v) is 5.11. The van der Waals surface area contributed by atoms with Gasteiger partial charge in [0.05, 0.1) is 0 Å². The van der Waals surface area contributed by atoms with Crippen molar-refractivity contribution in [2.45, 2.75) is 31.4 Å². The molecule has 0 bridgehead atoms. The lowest BCUT2D eigenvalue weighted by Crippen LogP contribution is -2.50. The van der Waals surface area contributed by atoms with Crippen LogP contribution in [0.15, 0.2) is 0 Å². The highest BCUT2D eigenvalue weighted by Gasteiger charge is 2.28. The number of carbonyl (C=O) groups is 1. The maximum absolute atomic E-state index is 11.9. The van der Waals surface area contributed by atoms with Gasteiger partial charge in [0.25, 0.3) is 0 Å². The van der Waals surface area contributed by atoms with Crippen molar-refractivity contribution in [3.8, 4) is 0 Å². The number of hydrogen-bond donors (Lipinski definition) is 2. The first-order valence-electron chi connectivity index (χ1n) is 6.37. The molecule has 2 aliphatic rings. The van der Waals surface area contributed by atoms with E-state index in [0.29, 0.717) is 11.2 Å². The molecule has 0 aromatic carbocycles. The zero-order valence-corrected chi connectivity index (χ0v) is 10.8. The highest BCUT2D eigenvalue weighted by atomic mass is 32.2. The van der Waals surface area contributed by atoms with Crippen molar-refractivity contribution in [3.63, 3.8) is 0 Å². The average Bonchev–Trinajstić information content (AvgIpc) is 2.25. The third kappa shape index (κ3) is 3.14. The van der Waals surface area contributed by atoms with E-state index >= 15 is 0 Å². The largest absolute Gasteiger partial charge is 0.355 e. The normalized spacial score (nSPS) is 28.2. The molecule has 2 rings (SSSR count). The van der Waals surface area contributed by atoms with E-state index in [4.69, 9.17) is 0 Å². The molecule has 2 aliphatic heterocycles. The quantitative estimate of drug-likeness (QED) is 0.779. The van der Waals surface area contributed by atoms with Crippen molar-refractivity contribution in [1.82, 2.24) is 10.6 Å². The van der Waals surface area contributed by atoms with Crippen LogP contribution in [0.1, 0.15) is 26.2 Å². The van der Waals surface area contributed by atoms with Crippen molar-refractivity contribution < 1.29 is 4.79 Å². The summed E-state index contributed by atoms with van der Waals surface area (Å²) in [5, 5.41) is 6.99. The molecule has 0 radical (unpaired) electrons. The molecule has 0 aliphatic carbocycles. The highest BCUT2D eigenvalue weighted by molar-refractivity contribution is 7.99. The van der Waals surface area contributed by atoms with Crippen molar-refractivity contribution in [3.05, 3.63) is 0 Å². The molecule has 2 N–H and O–H groups in total. The maximum atomic E-state index is 11.9. The van der Waals surface area contributed by atoms with E-state index in [9.17, 15) is 4.79 Å². The highest BCUT2D eigenvalue weighted by Crippen LogP contribution is 2.24. The van der Waals surface area contributed by atoms with Crippen molar-refractivity contribution >= 4 is 17.7 Å². The van der Waals surface area contributed by atoms with Gasteiger partial charge in [-0.3, -0.25) is 4.79 Å². The summed E-state index contributed by atoms with van der Waals surface area (Å²) in [6.45, 7) is 4.93. The molecular weight excluding hydrogens is 220 g/mol. The zero-order valence-electron chi connectivity index (χ0n) is 10.00. The predicted molar refractivity (Wildman–Crippen MR) is 68.6 cm³/mol. The molecule has 0 spiro atoms. The van der Waals surface area contributed by atoms with Crippen molar-refractivity contribution in [1.29, 1.82) is 0 Å². The van der Waals surface area contributed by atoms with E-state index in [0.717, 1.165) is 19.6 Å². The smallest absolute Gasteiger partial charge is 0.223 e. The van der Waals surface area contributed by atoms with E-state index in [1.807, 2.05) is 11.8 Å². The second-order valence-electron chi connectivity index (χ2n) is 4.94. The summed E-state index contributed by atoms with van der Waals surface area (Å²) >= 11 is 2.02. The number of nitrogens with one attached hydrogen (secondary N) is 2. The third-order valence-electron chi connectivity index (χ3n) is 3.71. The van der Waals surface area contributed by atoms with Crippen LogP contribution in [0.4, 0.5) is 0 Å². The molecule has 1 amide bonds. The Morgan fingerprint density at radius 1 is 1.50 bits per heavy atom. The van der Waals surface area contributed by atoms with E-state index in [2.05, 4.69) is 17.6 Å². The fraction of sp³-hybridized carbons (Fsp3) is 0.917. The van der Waals surface area contributed by atoms with Gasteiger partial charge in [-0.05, 0) is 37.6 Å². The minimum Gasteiger partial charge on any atom is -0.355 e. The van der Waals surface area contributed by atoms with Gasteiger partial charge in [-0.25, -0.2) is 0 Å². The number of carbonyl (C=O) groups excluding carboxylic acids is 1. The first-order valence-corrected chi connectivity index (χ1v) is 7.42. The van der Waals surface area contributed by atoms with Crippen LogP contribution in [0.5, 0.6) is 0 Å². The summed E-state index contributed by atoms with van der Waals surface area (Å²) in [6.07, 6.45) is 3.94. The number of amides is 1. The zero-order chi connectivity index (χ0) is 11.4. The summed E-state index contributed by atoms with van der Waals surface area (Å²) in [5.74, 6) is 2.24. The van der Waals surface area contributed by atoms with Crippen LogP contribution in [0.25, 0.3) is 0 Å². The van der Waals surface area contributed by atoms with Crippen LogP contribution in [0.3, 0.4) is 0 Å². The van der Waals surface area contributed by atoms with Gasteiger partial charge < -0.3 is 10.6 Å². The number of rotatable bonds is 4. The number of thioether (sulfide) groups is 1. The Morgan fingerprint density at radius 2 is 2.31 bits per heavy atom. The van der Waals surface area contributed by atoms with Gasteiger partial charge in [0.2, 0.25) is 5.91 Å². The Bertz CT molecular complexity index is 237. The fourth-order valence-corrected chi connectivity index (χ4v) is 3.46. The lowest BCUT2D eigenvalue weighted by molar-refractivity contribution is -0.126. The van der Waals surface area contributed by atoms with Crippen LogP contribution in [0.2, 0.25) is 0 Å². The molecule has 92 valence electrons. The molecule has 2 saturated heterocycles. The SMILES string of the molecule is CC(C(=O)NCC1CCCCS1)C1CNC1. The van der Waals surface area contributed by atoms with Gasteiger partial charge >= 0.3 is 0 Å². The maximum Gasteiger partial charge on any atom is 0.223 e. The molecule has 3 nitrogen and oxygen atoms in total. The summed E-state index contributed by atoms with van der Waals surface area (Å²) in [4.78, 5) is 11.9. The molecule has 4 heteroatoms. The Morgan fingerprint density at radius 3 is 2.88 bits per heavy atom. The Hall–Kier alpha value is -0.220. The average molecular weight is 242 g/mol. The minimum atomic E-state index is 0.176. The second kappa shape index (κ2) is 5.92. The summed E-state index contributed by atoms with van der Waals surface area (Å²) < 4.78 is 0. The molecule has 16 heavy (non-hydrogen) atoms. The number of hydrogen-bond acceptors (Lipinski definition) is 3. The van der Waals surface area contributed by atoms with Gasteiger partial charge in [0.1, 0.15) is 0 Å². The molecule has 0 saturated carbocycles. The van der Waals surface area contributed by atoms with Gasteiger partial charge in [-0.15, -0.1) is 0 Å². The van der Waals surface area contributed by atoms with Gasteiger partial charge in [-0.1, -0.05) is 13.3 Å². The molecular formula is C12H22N2OS. The van der Waals surface area contributed by atoms with E-state index in [1.54, 1.807) is 0 Å². The van der Waals surface area contributed by atoms with Crippen LogP contribution in [0, 0.1) is 11.8 Å². The second-order valence-corrected chi connectivity index (χ2v) is 6.35. The van der Waals surface area contributed by atoms with Crippen LogP contribution in [-0.2, 0) is 4.79 Å². The summed E-state index contributed by atoms with van der Waals surface area (Å²) in [6, 6.07) is 0. The lowest BCUT2D eigenvalue weighted by atomic mass is 9.88. The Kier molecular flexibility index (Phi) is 4.53. The van der Waals surface area contributed by atoms with Crippen molar-refractivity contribution in [2.24, 2.45) is 11.8 Å². The monoisotopic (exact) mass is 242 g/mol. The predicted octanol–water partition coefficient (Wildman–Crippen LogP) is 1.24. The summed E-state index contributed by atoms with van der Waals surface area (Å²) in [7, 11) is 0. The molecule has 0 aromatic rings. The Balaban J connectivity index is 1.65. The van der Waals surface area contributed by atoms with E-state index < -0.39 is 0 Å².